The van der Waals surface area contributed by atoms with Gasteiger partial charge >= 0.3 is 0 Å². The Morgan fingerprint density at radius 3 is 2.86 bits per heavy atom. The van der Waals surface area contributed by atoms with Crippen LogP contribution in [0.2, 0.25) is 0 Å². The number of likely N-dealkylation sites (N-methyl/N-ethyl adjacent to an activating group) is 1. The van der Waals surface area contributed by atoms with Crippen molar-refractivity contribution in [2.45, 2.75) is 45.1 Å². The minimum absolute atomic E-state index is 0.117. The molecule has 116 valence electrons. The van der Waals surface area contributed by atoms with Gasteiger partial charge < -0.3 is 15.3 Å². The first-order valence-electron chi connectivity index (χ1n) is 8.39. The van der Waals surface area contributed by atoms with Crippen LogP contribution in [0.25, 0.3) is 0 Å². The van der Waals surface area contributed by atoms with Crippen LogP contribution in [0.3, 0.4) is 0 Å². The van der Waals surface area contributed by atoms with Gasteiger partial charge in [-0.05, 0) is 56.7 Å². The molecule has 0 radical (unpaired) electrons. The zero-order valence-corrected chi connectivity index (χ0v) is 13.4. The molecule has 0 aromatic heterocycles. The molecule has 3 nitrogen and oxygen atoms in total. The average molecular weight is 288 g/mol. The zero-order valence-electron chi connectivity index (χ0n) is 13.4. The third kappa shape index (κ3) is 2.95. The Labute approximate surface area is 128 Å². The third-order valence-electron chi connectivity index (χ3n) is 5.09. The number of aliphatic hydroxyl groups excluding tert-OH is 1. The lowest BCUT2D eigenvalue weighted by Gasteiger charge is -2.41. The van der Waals surface area contributed by atoms with E-state index in [9.17, 15) is 5.11 Å². The number of anilines is 1. The molecule has 0 spiro atoms. The fourth-order valence-electron chi connectivity index (χ4n) is 3.86. The number of aliphatic hydroxyl groups is 1. The first-order valence-corrected chi connectivity index (χ1v) is 8.39. The Balaban J connectivity index is 1.84. The summed E-state index contributed by atoms with van der Waals surface area (Å²) in [7, 11) is 0. The number of hydrogen-bond acceptors (Lipinski definition) is 3. The summed E-state index contributed by atoms with van der Waals surface area (Å²) in [6, 6.07) is 6.81. The number of aryl methyl sites for hydroxylation is 2. The van der Waals surface area contributed by atoms with Gasteiger partial charge in [-0.3, -0.25) is 0 Å². The molecule has 1 saturated carbocycles. The molecule has 1 atom stereocenters. The lowest BCUT2D eigenvalue weighted by molar-refractivity contribution is 0.145. The Morgan fingerprint density at radius 1 is 1.38 bits per heavy atom. The highest BCUT2D eigenvalue weighted by Crippen LogP contribution is 2.41. The van der Waals surface area contributed by atoms with Crippen LogP contribution < -0.4 is 10.2 Å². The summed E-state index contributed by atoms with van der Waals surface area (Å²) in [4.78, 5) is 2.50. The molecule has 1 aliphatic heterocycles. The molecule has 0 bridgehead atoms. The predicted molar refractivity (Wildman–Crippen MR) is 87.9 cm³/mol. The normalized spacial score (nSPS) is 21.0. The maximum absolute atomic E-state index is 10.1. The van der Waals surface area contributed by atoms with E-state index in [1.165, 1.54) is 42.5 Å². The molecule has 2 aliphatic rings. The Kier molecular flexibility index (Phi) is 4.23. The fourth-order valence-corrected chi connectivity index (χ4v) is 3.86. The van der Waals surface area contributed by atoms with E-state index in [2.05, 4.69) is 42.3 Å². The van der Waals surface area contributed by atoms with Crippen LogP contribution in [0.1, 0.15) is 37.3 Å². The van der Waals surface area contributed by atoms with Crippen LogP contribution in [0.15, 0.2) is 18.2 Å². The summed E-state index contributed by atoms with van der Waals surface area (Å²) >= 11 is 0. The SMILES string of the molecule is CCNC(CO)(CN1CCCc2cc(C)ccc21)C1CC1. The van der Waals surface area contributed by atoms with Crippen LogP contribution in [0.5, 0.6) is 0 Å². The Hall–Kier alpha value is -1.06. The molecule has 1 fully saturated rings. The minimum atomic E-state index is -0.117. The van der Waals surface area contributed by atoms with Gasteiger partial charge in [-0.25, -0.2) is 0 Å². The van der Waals surface area contributed by atoms with Crippen LogP contribution in [-0.2, 0) is 6.42 Å². The summed E-state index contributed by atoms with van der Waals surface area (Å²) in [6.45, 7) is 7.50. The molecule has 1 aromatic carbocycles. The lowest BCUT2D eigenvalue weighted by atomic mass is 9.91. The van der Waals surface area contributed by atoms with Gasteiger partial charge in [-0.1, -0.05) is 24.6 Å². The monoisotopic (exact) mass is 288 g/mol. The summed E-state index contributed by atoms with van der Waals surface area (Å²) in [6.07, 6.45) is 4.91. The van der Waals surface area contributed by atoms with E-state index < -0.39 is 0 Å². The zero-order chi connectivity index (χ0) is 14.9. The molecular formula is C18H28N2O. The van der Waals surface area contributed by atoms with E-state index in [1.54, 1.807) is 0 Å². The molecule has 3 rings (SSSR count). The first-order chi connectivity index (χ1) is 10.2. The van der Waals surface area contributed by atoms with Crippen molar-refractivity contribution in [1.29, 1.82) is 0 Å². The predicted octanol–water partition coefficient (Wildman–Crippen LogP) is 2.50. The number of nitrogens with zero attached hydrogens (tertiary/aromatic N) is 1. The summed E-state index contributed by atoms with van der Waals surface area (Å²) in [5.74, 6) is 0.637. The average Bonchev–Trinajstić information content (AvgIpc) is 3.31. The van der Waals surface area contributed by atoms with E-state index >= 15 is 0 Å². The Bertz CT molecular complexity index is 498. The van der Waals surface area contributed by atoms with Crippen LogP contribution in [-0.4, -0.2) is 36.9 Å². The molecule has 3 heteroatoms. The van der Waals surface area contributed by atoms with Crippen molar-refractivity contribution < 1.29 is 5.11 Å². The van der Waals surface area contributed by atoms with Crippen molar-refractivity contribution in [3.05, 3.63) is 29.3 Å². The topological polar surface area (TPSA) is 35.5 Å². The maximum atomic E-state index is 10.1. The van der Waals surface area contributed by atoms with Crippen LogP contribution >= 0.6 is 0 Å². The molecule has 2 N–H and O–H groups in total. The molecule has 1 unspecified atom stereocenters. The smallest absolute Gasteiger partial charge is 0.0633 e. The molecule has 1 aromatic rings. The molecule has 1 heterocycles. The van der Waals surface area contributed by atoms with Gasteiger partial charge in [0.15, 0.2) is 0 Å². The van der Waals surface area contributed by atoms with Crippen molar-refractivity contribution in [2.75, 3.05) is 31.1 Å². The fraction of sp³-hybridized carbons (Fsp3) is 0.667. The molecular weight excluding hydrogens is 260 g/mol. The highest BCUT2D eigenvalue weighted by Gasteiger charge is 2.45. The second-order valence-electron chi connectivity index (χ2n) is 6.78. The van der Waals surface area contributed by atoms with E-state index in [4.69, 9.17) is 0 Å². The van der Waals surface area contributed by atoms with Gasteiger partial charge in [0.25, 0.3) is 0 Å². The number of nitrogens with one attached hydrogen (secondary N) is 1. The van der Waals surface area contributed by atoms with Crippen molar-refractivity contribution >= 4 is 5.69 Å². The van der Waals surface area contributed by atoms with Gasteiger partial charge in [0, 0.05) is 18.8 Å². The summed E-state index contributed by atoms with van der Waals surface area (Å²) in [5.41, 5.74) is 4.08. The summed E-state index contributed by atoms with van der Waals surface area (Å²) in [5, 5.41) is 13.7. The highest BCUT2D eigenvalue weighted by molar-refractivity contribution is 5.57. The van der Waals surface area contributed by atoms with E-state index in [-0.39, 0.29) is 12.1 Å². The third-order valence-corrected chi connectivity index (χ3v) is 5.09. The lowest BCUT2D eigenvalue weighted by Crippen LogP contribution is -2.58. The molecule has 0 amide bonds. The highest BCUT2D eigenvalue weighted by atomic mass is 16.3. The number of fused-ring (bicyclic) bond motifs is 1. The maximum Gasteiger partial charge on any atom is 0.0633 e. The van der Waals surface area contributed by atoms with Gasteiger partial charge in [0.05, 0.1) is 12.1 Å². The van der Waals surface area contributed by atoms with E-state index in [0.717, 1.165) is 19.6 Å². The number of hydrogen-bond donors (Lipinski definition) is 2. The minimum Gasteiger partial charge on any atom is -0.394 e. The largest absolute Gasteiger partial charge is 0.394 e. The number of benzene rings is 1. The van der Waals surface area contributed by atoms with Crippen LogP contribution in [0.4, 0.5) is 5.69 Å². The van der Waals surface area contributed by atoms with Crippen molar-refractivity contribution in [3.63, 3.8) is 0 Å². The van der Waals surface area contributed by atoms with Gasteiger partial charge in [0.2, 0.25) is 0 Å². The second-order valence-corrected chi connectivity index (χ2v) is 6.78. The first kappa shape index (κ1) is 14.9. The molecule has 1 aliphatic carbocycles. The standard InChI is InChI=1S/C18H28N2O/c1-3-19-18(13-21,16-7-8-16)12-20-10-4-5-15-11-14(2)6-9-17(15)20/h6,9,11,16,19,21H,3-5,7-8,10,12-13H2,1-2H3. The molecule has 0 saturated heterocycles. The van der Waals surface area contributed by atoms with Crippen molar-refractivity contribution in [2.24, 2.45) is 5.92 Å². The number of rotatable bonds is 6. The summed E-state index contributed by atoms with van der Waals surface area (Å²) < 4.78 is 0. The van der Waals surface area contributed by atoms with Crippen LogP contribution in [0, 0.1) is 12.8 Å². The van der Waals surface area contributed by atoms with Gasteiger partial charge in [-0.2, -0.15) is 0 Å². The van der Waals surface area contributed by atoms with Crippen molar-refractivity contribution in [1.82, 2.24) is 5.32 Å². The van der Waals surface area contributed by atoms with Gasteiger partial charge in [0.1, 0.15) is 0 Å². The quantitative estimate of drug-likeness (QED) is 0.844. The molecule has 21 heavy (non-hydrogen) atoms. The van der Waals surface area contributed by atoms with E-state index in [0.29, 0.717) is 5.92 Å². The Morgan fingerprint density at radius 2 is 2.19 bits per heavy atom. The second kappa shape index (κ2) is 5.98. The van der Waals surface area contributed by atoms with Gasteiger partial charge in [-0.15, -0.1) is 0 Å². The van der Waals surface area contributed by atoms with Crippen molar-refractivity contribution in [3.8, 4) is 0 Å². The van der Waals surface area contributed by atoms with E-state index in [1.807, 2.05) is 0 Å².